The predicted molar refractivity (Wildman–Crippen MR) is 62.1 cm³/mol. The Morgan fingerprint density at radius 1 is 1.40 bits per heavy atom. The van der Waals surface area contributed by atoms with Gasteiger partial charge in [0.1, 0.15) is 5.15 Å². The maximum atomic E-state index is 5.77. The van der Waals surface area contributed by atoms with E-state index in [1.165, 1.54) is 5.56 Å². The van der Waals surface area contributed by atoms with Gasteiger partial charge in [-0.25, -0.2) is 4.98 Å². The molecule has 0 aliphatic carbocycles. The highest BCUT2D eigenvalue weighted by molar-refractivity contribution is 6.29. The zero-order valence-corrected chi connectivity index (χ0v) is 9.67. The second-order valence-corrected chi connectivity index (χ2v) is 4.26. The molecule has 1 saturated heterocycles. The van der Waals surface area contributed by atoms with E-state index in [4.69, 9.17) is 11.6 Å². The third-order valence-electron chi connectivity index (χ3n) is 2.93. The van der Waals surface area contributed by atoms with Crippen LogP contribution >= 0.6 is 11.6 Å². The van der Waals surface area contributed by atoms with Crippen molar-refractivity contribution in [2.45, 2.75) is 13.0 Å². The molecule has 2 heterocycles. The summed E-state index contributed by atoms with van der Waals surface area (Å²) in [5, 5.41) is 3.91. The molecule has 3 nitrogen and oxygen atoms in total. The summed E-state index contributed by atoms with van der Waals surface area (Å²) >= 11 is 5.77. The smallest absolute Gasteiger partial charge is 0.129 e. The maximum Gasteiger partial charge on any atom is 0.129 e. The second kappa shape index (κ2) is 4.92. The van der Waals surface area contributed by atoms with Crippen molar-refractivity contribution in [2.75, 3.05) is 26.2 Å². The molecular weight excluding hydrogens is 210 g/mol. The van der Waals surface area contributed by atoms with Gasteiger partial charge in [0.2, 0.25) is 0 Å². The van der Waals surface area contributed by atoms with Gasteiger partial charge >= 0.3 is 0 Å². The standard InChI is InChI=1S/C11H16ClN3/c1-9(15-6-4-13-5-7-15)10-2-3-11(12)14-8-10/h2-3,8-9,13H,4-7H2,1H3. The van der Waals surface area contributed by atoms with Gasteiger partial charge < -0.3 is 5.32 Å². The zero-order chi connectivity index (χ0) is 10.7. The zero-order valence-electron chi connectivity index (χ0n) is 8.91. The van der Waals surface area contributed by atoms with Crippen LogP contribution in [-0.4, -0.2) is 36.1 Å². The highest BCUT2D eigenvalue weighted by atomic mass is 35.5. The molecule has 4 heteroatoms. The second-order valence-electron chi connectivity index (χ2n) is 3.88. The van der Waals surface area contributed by atoms with E-state index in [0.29, 0.717) is 11.2 Å². The first-order valence-corrected chi connectivity index (χ1v) is 5.71. The number of piperazine rings is 1. The quantitative estimate of drug-likeness (QED) is 0.777. The summed E-state index contributed by atoms with van der Waals surface area (Å²) in [5.41, 5.74) is 1.24. The van der Waals surface area contributed by atoms with Crippen LogP contribution < -0.4 is 5.32 Å². The normalized spacial score (nSPS) is 20.1. The number of nitrogens with one attached hydrogen (secondary N) is 1. The molecule has 1 aliphatic rings. The van der Waals surface area contributed by atoms with Crippen molar-refractivity contribution in [3.05, 3.63) is 29.0 Å². The number of nitrogens with zero attached hydrogens (tertiary/aromatic N) is 2. The van der Waals surface area contributed by atoms with Crippen molar-refractivity contribution in [2.24, 2.45) is 0 Å². The van der Waals surface area contributed by atoms with E-state index < -0.39 is 0 Å². The Balaban J connectivity index is 2.05. The molecule has 0 radical (unpaired) electrons. The van der Waals surface area contributed by atoms with E-state index in [0.717, 1.165) is 26.2 Å². The minimum absolute atomic E-state index is 0.428. The van der Waals surface area contributed by atoms with E-state index in [2.05, 4.69) is 28.2 Å². The molecular formula is C11H16ClN3. The Labute approximate surface area is 95.4 Å². The molecule has 0 aromatic carbocycles. The highest BCUT2D eigenvalue weighted by Gasteiger charge is 2.17. The first kappa shape index (κ1) is 10.9. The highest BCUT2D eigenvalue weighted by Crippen LogP contribution is 2.20. The predicted octanol–water partition coefficient (Wildman–Crippen LogP) is 1.70. The van der Waals surface area contributed by atoms with Crippen molar-refractivity contribution in [3.63, 3.8) is 0 Å². The number of pyridine rings is 1. The van der Waals surface area contributed by atoms with Crippen LogP contribution in [-0.2, 0) is 0 Å². The lowest BCUT2D eigenvalue weighted by molar-refractivity contribution is 0.185. The summed E-state index contributed by atoms with van der Waals surface area (Å²) < 4.78 is 0. The largest absolute Gasteiger partial charge is 0.314 e. The van der Waals surface area contributed by atoms with Crippen LogP contribution in [0, 0.1) is 0 Å². The lowest BCUT2D eigenvalue weighted by atomic mass is 10.1. The number of hydrogen-bond donors (Lipinski definition) is 1. The number of halogens is 1. The Morgan fingerprint density at radius 2 is 2.13 bits per heavy atom. The van der Waals surface area contributed by atoms with E-state index in [1.54, 1.807) is 0 Å². The number of hydrogen-bond acceptors (Lipinski definition) is 3. The van der Waals surface area contributed by atoms with Gasteiger partial charge in [-0.05, 0) is 18.6 Å². The Hall–Kier alpha value is -0.640. The molecule has 15 heavy (non-hydrogen) atoms. The Morgan fingerprint density at radius 3 is 2.73 bits per heavy atom. The molecule has 0 saturated carbocycles. The Bertz CT molecular complexity index is 306. The molecule has 0 amide bonds. The van der Waals surface area contributed by atoms with Crippen LogP contribution in [0.25, 0.3) is 0 Å². The maximum absolute atomic E-state index is 5.77. The van der Waals surface area contributed by atoms with Gasteiger partial charge in [0, 0.05) is 38.4 Å². The summed E-state index contributed by atoms with van der Waals surface area (Å²) in [6.45, 7) is 6.57. The topological polar surface area (TPSA) is 28.2 Å². The SMILES string of the molecule is CC(c1ccc(Cl)nc1)N1CCNCC1. The minimum Gasteiger partial charge on any atom is -0.314 e. The van der Waals surface area contributed by atoms with Crippen LogP contribution in [0.5, 0.6) is 0 Å². The first-order valence-electron chi connectivity index (χ1n) is 5.33. The van der Waals surface area contributed by atoms with Gasteiger partial charge in [-0.2, -0.15) is 0 Å². The fraction of sp³-hybridized carbons (Fsp3) is 0.545. The lowest BCUT2D eigenvalue weighted by Gasteiger charge is -2.32. The van der Waals surface area contributed by atoms with Gasteiger partial charge in [0.25, 0.3) is 0 Å². The van der Waals surface area contributed by atoms with Crippen molar-refractivity contribution in [1.29, 1.82) is 0 Å². The van der Waals surface area contributed by atoms with Gasteiger partial charge in [0.15, 0.2) is 0 Å². The molecule has 1 fully saturated rings. The molecule has 1 aromatic rings. The van der Waals surface area contributed by atoms with Gasteiger partial charge in [-0.1, -0.05) is 17.7 Å². The summed E-state index contributed by atoms with van der Waals surface area (Å²) in [5.74, 6) is 0. The molecule has 0 bridgehead atoms. The summed E-state index contributed by atoms with van der Waals surface area (Å²) in [6.07, 6.45) is 1.87. The molecule has 82 valence electrons. The van der Waals surface area contributed by atoms with Gasteiger partial charge in [-0.3, -0.25) is 4.90 Å². The molecule has 1 N–H and O–H groups in total. The van der Waals surface area contributed by atoms with Crippen LogP contribution in [0.4, 0.5) is 0 Å². The van der Waals surface area contributed by atoms with Gasteiger partial charge in [-0.15, -0.1) is 0 Å². The average Bonchev–Trinajstić information content (AvgIpc) is 2.30. The molecule has 2 rings (SSSR count). The summed E-state index contributed by atoms with van der Waals surface area (Å²) in [4.78, 5) is 6.58. The molecule has 1 aromatic heterocycles. The lowest BCUT2D eigenvalue weighted by Crippen LogP contribution is -2.44. The third kappa shape index (κ3) is 2.68. The fourth-order valence-corrected chi connectivity index (χ4v) is 2.03. The molecule has 0 spiro atoms. The van der Waals surface area contributed by atoms with Crippen molar-refractivity contribution in [3.8, 4) is 0 Å². The van der Waals surface area contributed by atoms with Crippen molar-refractivity contribution < 1.29 is 0 Å². The molecule has 1 atom stereocenters. The summed E-state index contributed by atoms with van der Waals surface area (Å²) in [7, 11) is 0. The van der Waals surface area contributed by atoms with E-state index in [1.807, 2.05) is 12.3 Å². The first-order chi connectivity index (χ1) is 7.27. The van der Waals surface area contributed by atoms with Gasteiger partial charge in [0.05, 0.1) is 0 Å². The fourth-order valence-electron chi connectivity index (χ4n) is 1.91. The third-order valence-corrected chi connectivity index (χ3v) is 3.16. The van der Waals surface area contributed by atoms with Crippen LogP contribution in [0.3, 0.4) is 0 Å². The minimum atomic E-state index is 0.428. The van der Waals surface area contributed by atoms with Crippen LogP contribution in [0.2, 0.25) is 5.15 Å². The monoisotopic (exact) mass is 225 g/mol. The van der Waals surface area contributed by atoms with E-state index >= 15 is 0 Å². The number of aromatic nitrogens is 1. The molecule has 1 unspecified atom stereocenters. The molecule has 1 aliphatic heterocycles. The number of rotatable bonds is 2. The van der Waals surface area contributed by atoms with E-state index in [9.17, 15) is 0 Å². The Kier molecular flexibility index (Phi) is 3.57. The van der Waals surface area contributed by atoms with Crippen molar-refractivity contribution >= 4 is 11.6 Å². The van der Waals surface area contributed by atoms with Crippen molar-refractivity contribution in [1.82, 2.24) is 15.2 Å². The van der Waals surface area contributed by atoms with Crippen LogP contribution in [0.15, 0.2) is 18.3 Å². The van der Waals surface area contributed by atoms with E-state index in [-0.39, 0.29) is 0 Å². The average molecular weight is 226 g/mol. The van der Waals surface area contributed by atoms with Crippen LogP contribution in [0.1, 0.15) is 18.5 Å². The summed E-state index contributed by atoms with van der Waals surface area (Å²) in [6, 6.07) is 4.34.